The fraction of sp³-hybridized carbons (Fsp3) is 0.500. The average molecular weight is 374 g/mol. The minimum atomic E-state index is -0.449. The summed E-state index contributed by atoms with van der Waals surface area (Å²) in [6, 6.07) is 5.86. The van der Waals surface area contributed by atoms with Crippen molar-refractivity contribution in [2.45, 2.75) is 24.8 Å². The topological polar surface area (TPSA) is 55.9 Å². The predicted octanol–water partition coefficient (Wildman–Crippen LogP) is 2.54. The fourth-order valence-electron chi connectivity index (χ4n) is 3.97. The second-order valence-electron chi connectivity index (χ2n) is 7.36. The third-order valence-electron chi connectivity index (χ3n) is 5.76. The molecule has 27 heavy (non-hydrogen) atoms. The standard InChI is InChI=1S/C20H27FN4O2/c1-3-11-24-12-10-20(9-8-18(24)26)15-25(14-13-23(20)2)19(27)22-17-7-5-4-6-16(17)21/h3-7H,1,8-15H2,2H3,(H,22,27)/t20-/m1/s1. The van der Waals surface area contributed by atoms with Gasteiger partial charge in [-0.15, -0.1) is 6.58 Å². The molecular formula is C20H27FN4O2. The van der Waals surface area contributed by atoms with E-state index in [-0.39, 0.29) is 23.2 Å². The highest BCUT2D eigenvalue weighted by Crippen LogP contribution is 2.32. The van der Waals surface area contributed by atoms with Gasteiger partial charge in [0.25, 0.3) is 0 Å². The maximum atomic E-state index is 13.8. The third kappa shape index (κ3) is 4.13. The summed E-state index contributed by atoms with van der Waals surface area (Å²) in [4.78, 5) is 30.9. The molecule has 0 saturated carbocycles. The molecule has 2 aliphatic heterocycles. The molecule has 0 unspecified atom stereocenters. The van der Waals surface area contributed by atoms with E-state index in [0.717, 1.165) is 13.0 Å². The van der Waals surface area contributed by atoms with Crippen LogP contribution in [0.4, 0.5) is 14.9 Å². The number of likely N-dealkylation sites (tertiary alicyclic amines) is 1. The highest BCUT2D eigenvalue weighted by molar-refractivity contribution is 5.89. The monoisotopic (exact) mass is 374 g/mol. The summed E-state index contributed by atoms with van der Waals surface area (Å²) in [6.45, 7) is 6.75. The SMILES string of the molecule is C=CCN1CC[C@]2(CCC1=O)CN(C(=O)Nc1ccccc1F)CCN2C. The Balaban J connectivity index is 1.72. The first-order chi connectivity index (χ1) is 12.9. The maximum absolute atomic E-state index is 13.8. The van der Waals surface area contributed by atoms with E-state index in [2.05, 4.69) is 23.8 Å². The fourth-order valence-corrected chi connectivity index (χ4v) is 3.97. The first-order valence-corrected chi connectivity index (χ1v) is 9.35. The molecule has 0 aliphatic carbocycles. The van der Waals surface area contributed by atoms with Gasteiger partial charge in [-0.3, -0.25) is 9.69 Å². The molecule has 2 aliphatic rings. The molecule has 7 heteroatoms. The van der Waals surface area contributed by atoms with Crippen LogP contribution >= 0.6 is 0 Å². The molecule has 2 saturated heterocycles. The minimum Gasteiger partial charge on any atom is -0.339 e. The zero-order chi connectivity index (χ0) is 19.4. The van der Waals surface area contributed by atoms with Crippen LogP contribution in [-0.2, 0) is 4.79 Å². The molecule has 3 amide bonds. The number of nitrogens with zero attached hydrogens (tertiary/aromatic N) is 3. The van der Waals surface area contributed by atoms with Crippen LogP contribution in [0.25, 0.3) is 0 Å². The van der Waals surface area contributed by atoms with Crippen LogP contribution in [0.1, 0.15) is 19.3 Å². The van der Waals surface area contributed by atoms with Crippen molar-refractivity contribution in [1.82, 2.24) is 14.7 Å². The van der Waals surface area contributed by atoms with E-state index in [4.69, 9.17) is 0 Å². The number of hydrogen-bond acceptors (Lipinski definition) is 3. The molecule has 2 heterocycles. The van der Waals surface area contributed by atoms with Crippen LogP contribution in [0, 0.1) is 5.82 Å². The van der Waals surface area contributed by atoms with Crippen molar-refractivity contribution >= 4 is 17.6 Å². The van der Waals surface area contributed by atoms with Gasteiger partial charge in [-0.05, 0) is 32.0 Å². The second kappa shape index (κ2) is 8.08. The molecule has 3 rings (SSSR count). The molecule has 1 aromatic rings. The number of amides is 3. The van der Waals surface area contributed by atoms with Crippen molar-refractivity contribution in [2.75, 3.05) is 45.1 Å². The molecular weight excluding hydrogens is 347 g/mol. The van der Waals surface area contributed by atoms with E-state index >= 15 is 0 Å². The molecule has 6 nitrogen and oxygen atoms in total. The summed E-state index contributed by atoms with van der Waals surface area (Å²) in [6.07, 6.45) is 3.71. The van der Waals surface area contributed by atoms with Crippen molar-refractivity contribution in [1.29, 1.82) is 0 Å². The lowest BCUT2D eigenvalue weighted by Crippen LogP contribution is -2.62. The van der Waals surface area contributed by atoms with E-state index in [1.54, 1.807) is 29.2 Å². The van der Waals surface area contributed by atoms with Crippen LogP contribution in [-0.4, -0.2) is 71.9 Å². The first kappa shape index (κ1) is 19.4. The van der Waals surface area contributed by atoms with Crippen molar-refractivity contribution in [3.63, 3.8) is 0 Å². The van der Waals surface area contributed by atoms with E-state index < -0.39 is 5.82 Å². The minimum absolute atomic E-state index is 0.133. The first-order valence-electron chi connectivity index (χ1n) is 9.35. The molecule has 146 valence electrons. The van der Waals surface area contributed by atoms with E-state index in [1.807, 2.05) is 4.90 Å². The maximum Gasteiger partial charge on any atom is 0.322 e. The van der Waals surface area contributed by atoms with Gasteiger partial charge in [-0.2, -0.15) is 0 Å². The lowest BCUT2D eigenvalue weighted by molar-refractivity contribution is -0.130. The van der Waals surface area contributed by atoms with Crippen LogP contribution in [0.15, 0.2) is 36.9 Å². The van der Waals surface area contributed by atoms with E-state index in [0.29, 0.717) is 39.0 Å². The summed E-state index contributed by atoms with van der Waals surface area (Å²) >= 11 is 0. The third-order valence-corrected chi connectivity index (χ3v) is 5.76. The largest absolute Gasteiger partial charge is 0.339 e. The van der Waals surface area contributed by atoms with Gasteiger partial charge in [0, 0.05) is 44.7 Å². The van der Waals surface area contributed by atoms with Crippen LogP contribution in [0.2, 0.25) is 0 Å². The Morgan fingerprint density at radius 1 is 1.30 bits per heavy atom. The smallest absolute Gasteiger partial charge is 0.322 e. The number of urea groups is 1. The number of carbonyl (C=O) groups is 2. The molecule has 1 N–H and O–H groups in total. The highest BCUT2D eigenvalue weighted by Gasteiger charge is 2.43. The Morgan fingerprint density at radius 2 is 2.07 bits per heavy atom. The Labute approximate surface area is 159 Å². The van der Waals surface area contributed by atoms with Crippen molar-refractivity contribution in [3.05, 3.63) is 42.7 Å². The number of hydrogen-bond donors (Lipinski definition) is 1. The summed E-state index contributed by atoms with van der Waals surface area (Å²) in [5, 5.41) is 2.67. The number of nitrogens with one attached hydrogen (secondary N) is 1. The number of piperazine rings is 1. The van der Waals surface area contributed by atoms with E-state index in [9.17, 15) is 14.0 Å². The Bertz CT molecular complexity index is 726. The summed E-state index contributed by atoms with van der Waals surface area (Å²) in [7, 11) is 2.06. The normalized spacial score (nSPS) is 24.0. The Hall–Kier alpha value is -2.41. The molecule has 0 radical (unpaired) electrons. The highest BCUT2D eigenvalue weighted by atomic mass is 19.1. The molecule has 0 bridgehead atoms. The number of carbonyl (C=O) groups excluding carboxylic acids is 2. The number of benzene rings is 1. The van der Waals surface area contributed by atoms with Crippen molar-refractivity contribution in [3.8, 4) is 0 Å². The summed E-state index contributed by atoms with van der Waals surface area (Å²) in [5.41, 5.74) is -0.0557. The zero-order valence-corrected chi connectivity index (χ0v) is 15.8. The molecule has 1 spiro atoms. The Morgan fingerprint density at radius 3 is 2.81 bits per heavy atom. The van der Waals surface area contributed by atoms with Gasteiger partial charge in [0.2, 0.25) is 5.91 Å². The summed E-state index contributed by atoms with van der Waals surface area (Å²) < 4.78 is 13.8. The number of anilines is 1. The quantitative estimate of drug-likeness (QED) is 0.828. The van der Waals surface area contributed by atoms with Gasteiger partial charge in [-0.1, -0.05) is 18.2 Å². The molecule has 0 aromatic heterocycles. The number of para-hydroxylation sites is 1. The predicted molar refractivity (Wildman–Crippen MR) is 103 cm³/mol. The van der Waals surface area contributed by atoms with Gasteiger partial charge in [0.15, 0.2) is 0 Å². The van der Waals surface area contributed by atoms with Gasteiger partial charge in [-0.25, -0.2) is 9.18 Å². The van der Waals surface area contributed by atoms with Gasteiger partial charge in [0.1, 0.15) is 5.82 Å². The number of rotatable bonds is 3. The number of likely N-dealkylation sites (N-methyl/N-ethyl adjacent to an activating group) is 1. The van der Waals surface area contributed by atoms with Crippen LogP contribution < -0.4 is 5.32 Å². The molecule has 2 fully saturated rings. The van der Waals surface area contributed by atoms with Crippen LogP contribution in [0.5, 0.6) is 0 Å². The van der Waals surface area contributed by atoms with Crippen molar-refractivity contribution in [2.24, 2.45) is 0 Å². The lowest BCUT2D eigenvalue weighted by Gasteiger charge is -2.49. The lowest BCUT2D eigenvalue weighted by atomic mass is 9.86. The van der Waals surface area contributed by atoms with E-state index in [1.165, 1.54) is 6.07 Å². The average Bonchev–Trinajstić information content (AvgIpc) is 2.81. The van der Waals surface area contributed by atoms with Gasteiger partial charge in [0.05, 0.1) is 5.69 Å². The Kier molecular flexibility index (Phi) is 5.79. The molecule has 1 aromatic carbocycles. The van der Waals surface area contributed by atoms with Crippen LogP contribution in [0.3, 0.4) is 0 Å². The summed E-state index contributed by atoms with van der Waals surface area (Å²) in [5.74, 6) is -0.317. The zero-order valence-electron chi connectivity index (χ0n) is 15.8. The van der Waals surface area contributed by atoms with Crippen molar-refractivity contribution < 1.29 is 14.0 Å². The number of halogens is 1. The van der Waals surface area contributed by atoms with Gasteiger partial charge >= 0.3 is 6.03 Å². The second-order valence-corrected chi connectivity index (χ2v) is 7.36. The molecule has 1 atom stereocenters. The van der Waals surface area contributed by atoms with Gasteiger partial charge < -0.3 is 15.1 Å².